The highest BCUT2D eigenvalue weighted by molar-refractivity contribution is 5.59. The highest BCUT2D eigenvalue weighted by atomic mass is 16.5. The Kier molecular flexibility index (Phi) is 13.4. The van der Waals surface area contributed by atoms with Gasteiger partial charge in [0, 0.05) is 18.8 Å². The number of hydrogen-bond acceptors (Lipinski definition) is 3. The second-order valence-electron chi connectivity index (χ2n) is 8.13. The predicted molar refractivity (Wildman–Crippen MR) is 132 cm³/mol. The number of nitrogens with zero attached hydrogens (tertiary/aromatic N) is 1. The molecule has 0 unspecified atom stereocenters. The topological polar surface area (TPSA) is 31.4 Å². The SMILES string of the molecule is CCCCCCC=CCOc1ccc(-c2ccc(CCCCCOCCC)cc2)nc1. The van der Waals surface area contributed by atoms with E-state index >= 15 is 0 Å². The first-order valence-corrected chi connectivity index (χ1v) is 12.2. The highest BCUT2D eigenvalue weighted by Crippen LogP contribution is 2.21. The van der Waals surface area contributed by atoms with Gasteiger partial charge in [-0.15, -0.1) is 0 Å². The first-order chi connectivity index (χ1) is 15.3. The van der Waals surface area contributed by atoms with Gasteiger partial charge in [-0.25, -0.2) is 0 Å². The third-order valence-corrected chi connectivity index (χ3v) is 5.33. The molecule has 3 heteroatoms. The largest absolute Gasteiger partial charge is 0.488 e. The number of ether oxygens (including phenoxy) is 2. The van der Waals surface area contributed by atoms with E-state index in [4.69, 9.17) is 9.47 Å². The van der Waals surface area contributed by atoms with Crippen molar-refractivity contribution in [1.29, 1.82) is 0 Å². The molecule has 0 amide bonds. The van der Waals surface area contributed by atoms with Gasteiger partial charge in [0.25, 0.3) is 0 Å². The number of unbranched alkanes of at least 4 members (excludes halogenated alkanes) is 6. The monoisotopic (exact) mass is 423 g/mol. The Morgan fingerprint density at radius 1 is 0.774 bits per heavy atom. The summed E-state index contributed by atoms with van der Waals surface area (Å²) >= 11 is 0. The van der Waals surface area contributed by atoms with Crippen LogP contribution in [0.4, 0.5) is 0 Å². The van der Waals surface area contributed by atoms with Crippen molar-refractivity contribution >= 4 is 0 Å². The predicted octanol–water partition coefficient (Wildman–Crippen LogP) is 7.79. The Morgan fingerprint density at radius 3 is 2.35 bits per heavy atom. The molecule has 0 bridgehead atoms. The van der Waals surface area contributed by atoms with E-state index in [1.54, 1.807) is 0 Å². The Bertz CT molecular complexity index is 707. The lowest BCUT2D eigenvalue weighted by atomic mass is 10.0. The van der Waals surface area contributed by atoms with E-state index < -0.39 is 0 Å². The number of pyridine rings is 1. The average molecular weight is 424 g/mol. The lowest BCUT2D eigenvalue weighted by Crippen LogP contribution is -1.96. The minimum atomic E-state index is 0.605. The molecule has 0 aliphatic rings. The van der Waals surface area contributed by atoms with E-state index in [2.05, 4.69) is 55.2 Å². The van der Waals surface area contributed by atoms with E-state index in [1.165, 1.54) is 44.1 Å². The third kappa shape index (κ3) is 11.2. The van der Waals surface area contributed by atoms with Crippen molar-refractivity contribution in [1.82, 2.24) is 4.98 Å². The number of hydrogen-bond donors (Lipinski definition) is 0. The van der Waals surface area contributed by atoms with Crippen molar-refractivity contribution in [3.63, 3.8) is 0 Å². The van der Waals surface area contributed by atoms with Gasteiger partial charge in [0.05, 0.1) is 11.9 Å². The second kappa shape index (κ2) is 16.5. The smallest absolute Gasteiger partial charge is 0.138 e. The summed E-state index contributed by atoms with van der Waals surface area (Å²) in [4.78, 5) is 4.58. The summed E-state index contributed by atoms with van der Waals surface area (Å²) in [5.41, 5.74) is 3.52. The zero-order valence-corrected chi connectivity index (χ0v) is 19.7. The van der Waals surface area contributed by atoms with Crippen molar-refractivity contribution in [2.75, 3.05) is 19.8 Å². The Balaban J connectivity index is 1.67. The van der Waals surface area contributed by atoms with Crippen molar-refractivity contribution in [3.8, 4) is 17.0 Å². The van der Waals surface area contributed by atoms with Gasteiger partial charge in [-0.05, 0) is 56.2 Å². The van der Waals surface area contributed by atoms with Crippen LogP contribution in [-0.4, -0.2) is 24.8 Å². The van der Waals surface area contributed by atoms with Gasteiger partial charge in [-0.3, -0.25) is 4.98 Å². The molecule has 1 aromatic carbocycles. The maximum absolute atomic E-state index is 5.77. The van der Waals surface area contributed by atoms with Crippen LogP contribution in [0, 0.1) is 0 Å². The molecule has 0 radical (unpaired) electrons. The number of aryl methyl sites for hydroxylation is 1. The van der Waals surface area contributed by atoms with E-state index in [9.17, 15) is 0 Å². The summed E-state index contributed by atoms with van der Waals surface area (Å²) in [7, 11) is 0. The second-order valence-corrected chi connectivity index (χ2v) is 8.13. The highest BCUT2D eigenvalue weighted by Gasteiger charge is 2.01. The van der Waals surface area contributed by atoms with Crippen molar-refractivity contribution in [2.45, 2.75) is 78.1 Å². The first kappa shape index (κ1) is 25.1. The fourth-order valence-electron chi connectivity index (χ4n) is 3.45. The molecular weight excluding hydrogens is 382 g/mol. The summed E-state index contributed by atoms with van der Waals surface area (Å²) in [5, 5.41) is 0. The zero-order chi connectivity index (χ0) is 22.0. The fourth-order valence-corrected chi connectivity index (χ4v) is 3.45. The molecule has 1 aromatic heterocycles. The minimum absolute atomic E-state index is 0.605. The molecule has 1 heterocycles. The molecule has 2 rings (SSSR count). The minimum Gasteiger partial charge on any atom is -0.488 e. The van der Waals surface area contributed by atoms with Crippen LogP contribution in [0.2, 0.25) is 0 Å². The molecule has 0 spiro atoms. The van der Waals surface area contributed by atoms with Gasteiger partial charge in [0.15, 0.2) is 0 Å². The lowest BCUT2D eigenvalue weighted by molar-refractivity contribution is 0.130. The first-order valence-electron chi connectivity index (χ1n) is 12.2. The summed E-state index contributed by atoms with van der Waals surface area (Å²) in [5.74, 6) is 0.818. The molecule has 0 aliphatic carbocycles. The maximum Gasteiger partial charge on any atom is 0.138 e. The zero-order valence-electron chi connectivity index (χ0n) is 19.7. The van der Waals surface area contributed by atoms with Crippen LogP contribution in [0.3, 0.4) is 0 Å². The van der Waals surface area contributed by atoms with E-state index in [0.717, 1.165) is 55.9 Å². The standard InChI is InChI=1S/C28H41NO2/c1-3-5-6-7-8-9-13-23-31-27-19-20-28(29-24-27)26-17-15-25(16-18-26)14-11-10-12-22-30-21-4-2/h9,13,15-20,24H,3-8,10-12,14,21-23H2,1-2H3. The Labute approximate surface area is 189 Å². The van der Waals surface area contributed by atoms with Crippen LogP contribution in [0.25, 0.3) is 11.3 Å². The van der Waals surface area contributed by atoms with Crippen LogP contribution in [0.1, 0.15) is 77.2 Å². The molecule has 0 aliphatic heterocycles. The molecular formula is C28H41NO2. The fraction of sp³-hybridized carbons (Fsp3) is 0.536. The molecule has 0 saturated carbocycles. The Morgan fingerprint density at radius 2 is 1.61 bits per heavy atom. The van der Waals surface area contributed by atoms with Crippen LogP contribution < -0.4 is 4.74 Å². The molecule has 3 nitrogen and oxygen atoms in total. The molecule has 0 fully saturated rings. The summed E-state index contributed by atoms with van der Waals surface area (Å²) in [6.45, 7) is 6.78. The summed E-state index contributed by atoms with van der Waals surface area (Å²) < 4.78 is 11.3. The molecule has 170 valence electrons. The normalized spacial score (nSPS) is 11.3. The maximum atomic E-state index is 5.77. The molecule has 31 heavy (non-hydrogen) atoms. The molecule has 0 saturated heterocycles. The quantitative estimate of drug-likeness (QED) is 0.192. The van der Waals surface area contributed by atoms with Crippen LogP contribution in [0.15, 0.2) is 54.7 Å². The van der Waals surface area contributed by atoms with Crippen LogP contribution in [-0.2, 0) is 11.2 Å². The summed E-state index contributed by atoms with van der Waals surface area (Å²) in [6, 6.07) is 12.8. The van der Waals surface area contributed by atoms with Gasteiger partial charge in [0.2, 0.25) is 0 Å². The molecule has 2 aromatic rings. The third-order valence-electron chi connectivity index (χ3n) is 5.33. The van der Waals surface area contributed by atoms with Gasteiger partial charge in [-0.2, -0.15) is 0 Å². The van der Waals surface area contributed by atoms with Gasteiger partial charge < -0.3 is 9.47 Å². The van der Waals surface area contributed by atoms with Crippen LogP contribution in [0.5, 0.6) is 5.75 Å². The van der Waals surface area contributed by atoms with E-state index in [-0.39, 0.29) is 0 Å². The van der Waals surface area contributed by atoms with Crippen molar-refractivity contribution < 1.29 is 9.47 Å². The van der Waals surface area contributed by atoms with Crippen molar-refractivity contribution in [3.05, 3.63) is 60.3 Å². The lowest BCUT2D eigenvalue weighted by Gasteiger charge is -2.07. The van der Waals surface area contributed by atoms with Gasteiger partial charge >= 0.3 is 0 Å². The molecule has 0 atom stereocenters. The molecule has 0 N–H and O–H groups in total. The average Bonchev–Trinajstić information content (AvgIpc) is 2.81. The van der Waals surface area contributed by atoms with E-state index in [0.29, 0.717) is 6.61 Å². The number of allylic oxidation sites excluding steroid dienone is 1. The summed E-state index contributed by atoms with van der Waals surface area (Å²) in [6.07, 6.45) is 18.3. The number of rotatable bonds is 17. The number of aromatic nitrogens is 1. The van der Waals surface area contributed by atoms with E-state index in [1.807, 2.05) is 18.3 Å². The van der Waals surface area contributed by atoms with Gasteiger partial charge in [0.1, 0.15) is 12.4 Å². The van der Waals surface area contributed by atoms with Crippen molar-refractivity contribution in [2.24, 2.45) is 0 Å². The Hall–Kier alpha value is -2.13. The van der Waals surface area contributed by atoms with Gasteiger partial charge in [-0.1, -0.05) is 75.9 Å². The number of benzene rings is 1. The van der Waals surface area contributed by atoms with Crippen LogP contribution >= 0.6 is 0 Å².